The molecule has 0 spiro atoms. The van der Waals surface area contributed by atoms with E-state index in [1.54, 1.807) is 42.5 Å². The Morgan fingerprint density at radius 3 is 2.14 bits per heavy atom. The number of fused-ring (bicyclic) bond motifs is 1. The Morgan fingerprint density at radius 1 is 1.00 bits per heavy atom. The summed E-state index contributed by atoms with van der Waals surface area (Å²) in [6.07, 6.45) is 0.746. The van der Waals surface area contributed by atoms with E-state index in [0.29, 0.717) is 21.2 Å². The lowest BCUT2D eigenvalue weighted by molar-refractivity contribution is 0.0642. The molecule has 2 aromatic rings. The maximum atomic E-state index is 12.3. The highest BCUT2D eigenvalue weighted by Gasteiger charge is 2.34. The van der Waals surface area contributed by atoms with Crippen molar-refractivity contribution in [2.75, 3.05) is 0 Å². The number of hydrogen-bond donors (Lipinski definition) is 0. The van der Waals surface area contributed by atoms with Crippen molar-refractivity contribution in [2.45, 2.75) is 6.54 Å². The predicted octanol–water partition coefficient (Wildman–Crippen LogP) is 3.06. The van der Waals surface area contributed by atoms with E-state index in [1.807, 2.05) is 0 Å². The largest absolute Gasteiger partial charge is 0.298 e. The Bertz CT molecular complexity index is 735. The van der Waals surface area contributed by atoms with Crippen molar-refractivity contribution < 1.29 is 14.4 Å². The standard InChI is InChI=1S/C16H10BrNO3/c17-14-7-10(5-6-11(14)9-19)8-18-15(20)12-3-1-2-4-13(12)16(18)21/h1-7,9H,8H2. The Morgan fingerprint density at radius 2 is 1.62 bits per heavy atom. The zero-order chi connectivity index (χ0) is 15.0. The highest BCUT2D eigenvalue weighted by atomic mass is 79.9. The fourth-order valence-corrected chi connectivity index (χ4v) is 2.85. The van der Waals surface area contributed by atoms with Gasteiger partial charge in [0.1, 0.15) is 0 Å². The van der Waals surface area contributed by atoms with E-state index < -0.39 is 0 Å². The first kappa shape index (κ1) is 13.7. The molecule has 0 aliphatic carbocycles. The summed E-state index contributed by atoms with van der Waals surface area (Å²) in [5, 5.41) is 0. The van der Waals surface area contributed by atoms with Crippen LogP contribution in [0.3, 0.4) is 0 Å². The predicted molar refractivity (Wildman–Crippen MR) is 80.2 cm³/mol. The molecule has 21 heavy (non-hydrogen) atoms. The van der Waals surface area contributed by atoms with Crippen LogP contribution < -0.4 is 0 Å². The van der Waals surface area contributed by atoms with E-state index in [-0.39, 0.29) is 18.4 Å². The second-order valence-electron chi connectivity index (χ2n) is 4.72. The van der Waals surface area contributed by atoms with E-state index in [1.165, 1.54) is 4.90 Å². The maximum Gasteiger partial charge on any atom is 0.261 e. The van der Waals surface area contributed by atoms with Crippen LogP contribution in [0.4, 0.5) is 0 Å². The van der Waals surface area contributed by atoms with Gasteiger partial charge in [0, 0.05) is 10.0 Å². The van der Waals surface area contributed by atoms with Crippen LogP contribution in [0.15, 0.2) is 46.9 Å². The average Bonchev–Trinajstić information content (AvgIpc) is 2.73. The van der Waals surface area contributed by atoms with Gasteiger partial charge in [-0.25, -0.2) is 0 Å². The van der Waals surface area contributed by atoms with Gasteiger partial charge < -0.3 is 0 Å². The molecule has 0 aromatic heterocycles. The fourth-order valence-electron chi connectivity index (χ4n) is 2.33. The number of carbonyl (C=O) groups excluding carboxylic acids is 3. The molecule has 1 aliphatic rings. The van der Waals surface area contributed by atoms with Crippen LogP contribution in [-0.4, -0.2) is 23.0 Å². The minimum Gasteiger partial charge on any atom is -0.298 e. The second kappa shape index (κ2) is 5.26. The highest BCUT2D eigenvalue weighted by Crippen LogP contribution is 2.25. The van der Waals surface area contributed by atoms with E-state index in [2.05, 4.69) is 15.9 Å². The number of amides is 2. The number of imide groups is 1. The third kappa shape index (κ3) is 2.29. The normalized spacial score (nSPS) is 13.5. The first-order valence-electron chi connectivity index (χ1n) is 6.30. The van der Waals surface area contributed by atoms with Gasteiger partial charge >= 0.3 is 0 Å². The van der Waals surface area contributed by atoms with Crippen molar-refractivity contribution in [1.82, 2.24) is 4.90 Å². The molecular weight excluding hydrogens is 334 g/mol. The van der Waals surface area contributed by atoms with Crippen LogP contribution >= 0.6 is 15.9 Å². The smallest absolute Gasteiger partial charge is 0.261 e. The number of carbonyl (C=O) groups is 3. The lowest BCUT2D eigenvalue weighted by Gasteiger charge is -2.14. The average molecular weight is 344 g/mol. The number of halogens is 1. The number of rotatable bonds is 3. The molecule has 0 N–H and O–H groups in total. The Kier molecular flexibility index (Phi) is 3.43. The molecule has 5 heteroatoms. The first-order valence-corrected chi connectivity index (χ1v) is 7.10. The summed E-state index contributed by atoms with van der Waals surface area (Å²) in [5.74, 6) is -0.572. The lowest BCUT2D eigenvalue weighted by atomic mass is 10.1. The molecule has 0 saturated heterocycles. The molecule has 3 rings (SSSR count). The van der Waals surface area contributed by atoms with Crippen LogP contribution in [0.25, 0.3) is 0 Å². The zero-order valence-corrected chi connectivity index (χ0v) is 12.5. The molecule has 0 saturated carbocycles. The summed E-state index contributed by atoms with van der Waals surface area (Å²) in [6, 6.07) is 11.9. The monoisotopic (exact) mass is 343 g/mol. The summed E-state index contributed by atoms with van der Waals surface area (Å²) in [6.45, 7) is 0.185. The molecule has 104 valence electrons. The molecular formula is C16H10BrNO3. The minimum absolute atomic E-state index is 0.185. The lowest BCUT2D eigenvalue weighted by Crippen LogP contribution is -2.29. The summed E-state index contributed by atoms with van der Waals surface area (Å²) >= 11 is 3.30. The quantitative estimate of drug-likeness (QED) is 0.635. The molecule has 4 nitrogen and oxygen atoms in total. The molecule has 0 unspecified atom stereocenters. The SMILES string of the molecule is O=Cc1ccc(CN2C(=O)c3ccccc3C2=O)cc1Br. The van der Waals surface area contributed by atoms with Gasteiger partial charge in [-0.3, -0.25) is 19.3 Å². The van der Waals surface area contributed by atoms with Crippen LogP contribution in [0.1, 0.15) is 36.6 Å². The van der Waals surface area contributed by atoms with Gasteiger partial charge in [0.2, 0.25) is 0 Å². The molecule has 1 heterocycles. The molecule has 2 aromatic carbocycles. The summed E-state index contributed by atoms with van der Waals surface area (Å²) in [7, 11) is 0. The summed E-state index contributed by atoms with van der Waals surface area (Å²) in [4.78, 5) is 36.5. The van der Waals surface area contributed by atoms with E-state index in [4.69, 9.17) is 0 Å². The van der Waals surface area contributed by atoms with Gasteiger partial charge in [-0.05, 0) is 23.8 Å². The molecule has 2 amide bonds. The van der Waals surface area contributed by atoms with Crippen molar-refractivity contribution in [2.24, 2.45) is 0 Å². The van der Waals surface area contributed by atoms with Crippen LogP contribution in [0, 0.1) is 0 Å². The number of benzene rings is 2. The Hall–Kier alpha value is -2.27. The third-order valence-electron chi connectivity index (χ3n) is 3.41. The number of aldehydes is 1. The number of hydrogen-bond acceptors (Lipinski definition) is 3. The van der Waals surface area contributed by atoms with Crippen molar-refractivity contribution in [3.05, 3.63) is 69.2 Å². The van der Waals surface area contributed by atoms with Crippen molar-refractivity contribution >= 4 is 34.0 Å². The topological polar surface area (TPSA) is 54.5 Å². The molecule has 0 atom stereocenters. The van der Waals surface area contributed by atoms with Crippen LogP contribution in [0.5, 0.6) is 0 Å². The molecule has 1 aliphatic heterocycles. The van der Waals surface area contributed by atoms with Gasteiger partial charge in [-0.15, -0.1) is 0 Å². The van der Waals surface area contributed by atoms with E-state index in [9.17, 15) is 14.4 Å². The summed E-state index contributed by atoms with van der Waals surface area (Å²) < 4.78 is 0.645. The van der Waals surface area contributed by atoms with E-state index >= 15 is 0 Å². The minimum atomic E-state index is -0.286. The van der Waals surface area contributed by atoms with Gasteiger partial charge in [0.15, 0.2) is 6.29 Å². The van der Waals surface area contributed by atoms with Crippen molar-refractivity contribution in [1.29, 1.82) is 0 Å². The van der Waals surface area contributed by atoms with Gasteiger partial charge in [0.05, 0.1) is 17.7 Å². The third-order valence-corrected chi connectivity index (χ3v) is 4.10. The second-order valence-corrected chi connectivity index (χ2v) is 5.57. The zero-order valence-electron chi connectivity index (χ0n) is 10.9. The summed E-state index contributed by atoms with van der Waals surface area (Å²) in [5.41, 5.74) is 2.18. The molecule has 0 fully saturated rings. The Balaban J connectivity index is 1.90. The molecule has 0 bridgehead atoms. The van der Waals surface area contributed by atoms with Gasteiger partial charge in [0.25, 0.3) is 11.8 Å². The highest BCUT2D eigenvalue weighted by molar-refractivity contribution is 9.10. The first-order chi connectivity index (χ1) is 10.1. The van der Waals surface area contributed by atoms with Crippen LogP contribution in [0.2, 0.25) is 0 Å². The van der Waals surface area contributed by atoms with Crippen molar-refractivity contribution in [3.8, 4) is 0 Å². The Labute approximate surface area is 129 Å². The molecule has 0 radical (unpaired) electrons. The number of nitrogens with zero attached hydrogens (tertiary/aromatic N) is 1. The van der Waals surface area contributed by atoms with Gasteiger partial charge in [-0.1, -0.05) is 40.2 Å². The van der Waals surface area contributed by atoms with Crippen molar-refractivity contribution in [3.63, 3.8) is 0 Å². The van der Waals surface area contributed by atoms with Gasteiger partial charge in [-0.2, -0.15) is 0 Å². The van der Waals surface area contributed by atoms with Crippen LogP contribution in [-0.2, 0) is 6.54 Å². The maximum absolute atomic E-state index is 12.3. The fraction of sp³-hybridized carbons (Fsp3) is 0.0625. The van der Waals surface area contributed by atoms with E-state index in [0.717, 1.165) is 11.8 Å².